The molecule has 0 aromatic heterocycles. The molecule has 17 heavy (non-hydrogen) atoms. The number of benzene rings is 1. The molecule has 0 aliphatic heterocycles. The third-order valence-electron chi connectivity index (χ3n) is 2.41. The van der Waals surface area contributed by atoms with Gasteiger partial charge in [-0.1, -0.05) is 43.6 Å². The Morgan fingerprint density at radius 3 is 2.00 bits per heavy atom. The highest BCUT2D eigenvalue weighted by Gasteiger charge is 2.34. The normalized spacial score (nSPS) is 12.9. The SMILES string of the molecule is CCc1cccc(CC)c1N=C(Cl)C(F)(F)F. The second-order valence-electron chi connectivity index (χ2n) is 3.53. The van der Waals surface area contributed by atoms with E-state index in [1.165, 1.54) is 0 Å². The Morgan fingerprint density at radius 1 is 1.18 bits per heavy atom. The summed E-state index contributed by atoms with van der Waals surface area (Å²) in [6.45, 7) is 3.74. The second kappa shape index (κ2) is 5.54. The molecule has 0 bridgehead atoms. The number of hydrogen-bond acceptors (Lipinski definition) is 1. The Balaban J connectivity index is 3.29. The molecule has 0 aliphatic carbocycles. The third-order valence-corrected chi connectivity index (χ3v) is 2.71. The van der Waals surface area contributed by atoms with Gasteiger partial charge in [0.1, 0.15) is 0 Å². The summed E-state index contributed by atoms with van der Waals surface area (Å²) in [7, 11) is 0. The number of rotatable bonds is 3. The molecule has 5 heteroatoms. The van der Waals surface area contributed by atoms with Crippen molar-refractivity contribution in [3.8, 4) is 0 Å². The highest BCUT2D eigenvalue weighted by molar-refractivity contribution is 6.67. The molecule has 94 valence electrons. The lowest BCUT2D eigenvalue weighted by Gasteiger charge is -2.10. The molecule has 0 saturated carbocycles. The Hall–Kier alpha value is -1.03. The maximum absolute atomic E-state index is 12.3. The van der Waals surface area contributed by atoms with Gasteiger partial charge < -0.3 is 0 Å². The summed E-state index contributed by atoms with van der Waals surface area (Å²) in [4.78, 5) is 3.53. The van der Waals surface area contributed by atoms with Crippen LogP contribution in [0, 0.1) is 0 Å². The molecule has 0 aliphatic rings. The lowest BCUT2D eigenvalue weighted by Crippen LogP contribution is -2.16. The molecule has 0 N–H and O–H groups in total. The zero-order chi connectivity index (χ0) is 13.1. The Kier molecular flexibility index (Phi) is 4.57. The van der Waals surface area contributed by atoms with Gasteiger partial charge in [-0.25, -0.2) is 4.99 Å². The highest BCUT2D eigenvalue weighted by Crippen LogP contribution is 2.29. The quantitative estimate of drug-likeness (QED) is 0.705. The summed E-state index contributed by atoms with van der Waals surface area (Å²) in [6.07, 6.45) is -3.35. The van der Waals surface area contributed by atoms with Crippen LogP contribution in [0.15, 0.2) is 23.2 Å². The summed E-state index contributed by atoms with van der Waals surface area (Å²) in [5.41, 5.74) is 1.89. The van der Waals surface area contributed by atoms with E-state index in [1.807, 2.05) is 19.9 Å². The number of para-hydroxylation sites is 1. The topological polar surface area (TPSA) is 12.4 Å². The molecule has 0 fully saturated rings. The van der Waals surface area contributed by atoms with Crippen LogP contribution in [-0.2, 0) is 12.8 Å². The van der Waals surface area contributed by atoms with Crippen molar-refractivity contribution in [1.29, 1.82) is 0 Å². The number of nitrogens with zero attached hydrogens (tertiary/aromatic N) is 1. The van der Waals surface area contributed by atoms with Crippen LogP contribution < -0.4 is 0 Å². The van der Waals surface area contributed by atoms with E-state index in [9.17, 15) is 13.2 Å². The highest BCUT2D eigenvalue weighted by atomic mass is 35.5. The van der Waals surface area contributed by atoms with Crippen molar-refractivity contribution >= 4 is 22.5 Å². The van der Waals surface area contributed by atoms with Gasteiger partial charge in [0.25, 0.3) is 0 Å². The average Bonchev–Trinajstić information content (AvgIpc) is 2.28. The van der Waals surface area contributed by atoms with Crippen LogP contribution in [0.4, 0.5) is 18.9 Å². The van der Waals surface area contributed by atoms with Gasteiger partial charge in [0, 0.05) is 0 Å². The maximum atomic E-state index is 12.3. The molecule has 0 spiro atoms. The van der Waals surface area contributed by atoms with Gasteiger partial charge >= 0.3 is 6.18 Å². The largest absolute Gasteiger partial charge is 0.444 e. The Bertz CT molecular complexity index is 402. The molecule has 0 amide bonds. The van der Waals surface area contributed by atoms with Gasteiger partial charge in [0.05, 0.1) is 5.69 Å². The van der Waals surface area contributed by atoms with Gasteiger partial charge in [-0.2, -0.15) is 13.2 Å². The van der Waals surface area contributed by atoms with Gasteiger partial charge in [0.2, 0.25) is 5.17 Å². The molecule has 0 heterocycles. The zero-order valence-electron chi connectivity index (χ0n) is 9.61. The molecule has 0 radical (unpaired) electrons. The Labute approximate surface area is 103 Å². The molecule has 0 unspecified atom stereocenters. The summed E-state index contributed by atoms with van der Waals surface area (Å²) in [5.74, 6) is 0. The Morgan fingerprint density at radius 2 is 1.65 bits per heavy atom. The number of hydrogen-bond donors (Lipinski definition) is 0. The minimum Gasteiger partial charge on any atom is -0.232 e. The van der Waals surface area contributed by atoms with E-state index in [0.717, 1.165) is 11.1 Å². The van der Waals surface area contributed by atoms with Gasteiger partial charge in [0.15, 0.2) is 0 Å². The molecule has 1 rings (SSSR count). The maximum Gasteiger partial charge on any atom is 0.444 e. The van der Waals surface area contributed by atoms with E-state index >= 15 is 0 Å². The van der Waals surface area contributed by atoms with Crippen LogP contribution in [0.2, 0.25) is 0 Å². The van der Waals surface area contributed by atoms with Crippen LogP contribution >= 0.6 is 11.6 Å². The first-order valence-electron chi connectivity index (χ1n) is 5.32. The van der Waals surface area contributed by atoms with Gasteiger partial charge in [-0.15, -0.1) is 0 Å². The fourth-order valence-corrected chi connectivity index (χ4v) is 1.60. The summed E-state index contributed by atoms with van der Waals surface area (Å²) in [6, 6.07) is 5.34. The van der Waals surface area contributed by atoms with Crippen molar-refractivity contribution < 1.29 is 13.2 Å². The first-order chi connectivity index (χ1) is 7.90. The third kappa shape index (κ3) is 3.46. The van der Waals surface area contributed by atoms with Crippen molar-refractivity contribution in [3.63, 3.8) is 0 Å². The zero-order valence-corrected chi connectivity index (χ0v) is 10.4. The van der Waals surface area contributed by atoms with Crippen LogP contribution in [0.5, 0.6) is 0 Å². The van der Waals surface area contributed by atoms with E-state index < -0.39 is 11.3 Å². The van der Waals surface area contributed by atoms with E-state index in [0.29, 0.717) is 18.5 Å². The van der Waals surface area contributed by atoms with Crippen molar-refractivity contribution in [2.75, 3.05) is 0 Å². The second-order valence-corrected chi connectivity index (χ2v) is 3.89. The first-order valence-corrected chi connectivity index (χ1v) is 5.70. The number of alkyl halides is 3. The predicted octanol–water partition coefficient (Wildman–Crippen LogP) is 4.64. The smallest absolute Gasteiger partial charge is 0.232 e. The van der Waals surface area contributed by atoms with Crippen molar-refractivity contribution in [2.24, 2.45) is 4.99 Å². The molecule has 1 aromatic carbocycles. The monoisotopic (exact) mass is 263 g/mol. The van der Waals surface area contributed by atoms with E-state index in [4.69, 9.17) is 11.6 Å². The molecule has 0 atom stereocenters. The van der Waals surface area contributed by atoms with Crippen molar-refractivity contribution in [2.45, 2.75) is 32.9 Å². The number of halogens is 4. The lowest BCUT2D eigenvalue weighted by molar-refractivity contribution is -0.0558. The van der Waals surface area contributed by atoms with Crippen LogP contribution in [0.1, 0.15) is 25.0 Å². The fraction of sp³-hybridized carbons (Fsp3) is 0.417. The molecular weight excluding hydrogens is 251 g/mol. The van der Waals surface area contributed by atoms with Crippen molar-refractivity contribution in [1.82, 2.24) is 0 Å². The summed E-state index contributed by atoms with van der Waals surface area (Å²) >= 11 is 5.17. The fourth-order valence-electron chi connectivity index (χ4n) is 1.52. The number of aliphatic imine (C=N–C) groups is 1. The van der Waals surface area contributed by atoms with E-state index in [-0.39, 0.29) is 0 Å². The van der Waals surface area contributed by atoms with Crippen LogP contribution in [0.25, 0.3) is 0 Å². The van der Waals surface area contributed by atoms with Gasteiger partial charge in [-0.05, 0) is 24.0 Å². The predicted molar refractivity (Wildman–Crippen MR) is 64.2 cm³/mol. The van der Waals surface area contributed by atoms with Crippen LogP contribution in [0.3, 0.4) is 0 Å². The lowest BCUT2D eigenvalue weighted by atomic mass is 10.0. The van der Waals surface area contributed by atoms with Gasteiger partial charge in [-0.3, -0.25) is 0 Å². The van der Waals surface area contributed by atoms with Crippen LogP contribution in [-0.4, -0.2) is 11.3 Å². The molecular formula is C12H13ClF3N. The summed E-state index contributed by atoms with van der Waals surface area (Å²) < 4.78 is 37.0. The van der Waals surface area contributed by atoms with E-state index in [1.54, 1.807) is 12.1 Å². The molecule has 1 aromatic rings. The standard InChI is InChI=1S/C12H13ClF3N/c1-3-8-6-5-7-9(4-2)10(8)17-11(13)12(14,15)16/h5-7H,3-4H2,1-2H3. The molecule has 0 saturated heterocycles. The average molecular weight is 264 g/mol. The first kappa shape index (κ1) is 14.0. The van der Waals surface area contributed by atoms with E-state index in [2.05, 4.69) is 4.99 Å². The summed E-state index contributed by atoms with van der Waals surface area (Å²) in [5, 5.41) is -1.33. The minimum absolute atomic E-state index is 0.347. The minimum atomic E-state index is -4.59. The number of aryl methyl sites for hydroxylation is 2. The van der Waals surface area contributed by atoms with Crippen molar-refractivity contribution in [3.05, 3.63) is 29.3 Å². The molecule has 1 nitrogen and oxygen atoms in total.